The van der Waals surface area contributed by atoms with Crippen molar-refractivity contribution in [1.82, 2.24) is 4.90 Å². The van der Waals surface area contributed by atoms with Crippen molar-refractivity contribution in [3.05, 3.63) is 35.4 Å². The highest BCUT2D eigenvalue weighted by Crippen LogP contribution is 2.14. The fraction of sp³-hybridized carbons (Fsp3) is 0.417. The molecule has 78 valence electrons. The van der Waals surface area contributed by atoms with Crippen LogP contribution in [0.4, 0.5) is 0 Å². The number of hydrogen-bond donors (Lipinski definition) is 1. The van der Waals surface area contributed by atoms with Gasteiger partial charge in [0.15, 0.2) is 0 Å². The Bertz CT molecular complexity index is 381. The second-order valence-electron chi connectivity index (χ2n) is 4.05. The van der Waals surface area contributed by atoms with Crippen molar-refractivity contribution in [2.75, 3.05) is 13.1 Å². The smallest absolute Gasteiger partial charge is 0.0995 e. The predicted octanol–water partition coefficient (Wildman–Crippen LogP) is 1.09. The van der Waals surface area contributed by atoms with E-state index < -0.39 is 0 Å². The molecule has 1 heterocycles. The lowest BCUT2D eigenvalue weighted by Gasteiger charge is -2.15. The van der Waals surface area contributed by atoms with Crippen LogP contribution in [0.25, 0.3) is 0 Å². The predicted molar refractivity (Wildman–Crippen MR) is 59.0 cm³/mol. The third-order valence-electron chi connectivity index (χ3n) is 2.84. The van der Waals surface area contributed by atoms with Gasteiger partial charge in [0.1, 0.15) is 0 Å². The molecule has 15 heavy (non-hydrogen) atoms. The Labute approximate surface area is 90.1 Å². The molecule has 3 heteroatoms. The van der Waals surface area contributed by atoms with Crippen molar-refractivity contribution < 1.29 is 0 Å². The molecule has 1 aromatic carbocycles. The highest BCUT2D eigenvalue weighted by Gasteiger charge is 2.19. The molecule has 1 fully saturated rings. The summed E-state index contributed by atoms with van der Waals surface area (Å²) in [6.07, 6.45) is 1.06. The van der Waals surface area contributed by atoms with Crippen LogP contribution in [0, 0.1) is 11.3 Å². The number of nitrogens with two attached hydrogens (primary N) is 1. The zero-order valence-corrected chi connectivity index (χ0v) is 8.69. The SMILES string of the molecule is N#Cc1ccccc1CN1CC[C@H](N)C1. The first-order valence-corrected chi connectivity index (χ1v) is 5.25. The Kier molecular flexibility index (Phi) is 3.00. The van der Waals surface area contributed by atoms with Crippen molar-refractivity contribution in [3.63, 3.8) is 0 Å². The molecular formula is C12H15N3. The first kappa shape index (κ1) is 10.2. The van der Waals surface area contributed by atoms with E-state index in [1.807, 2.05) is 24.3 Å². The second-order valence-corrected chi connectivity index (χ2v) is 4.05. The van der Waals surface area contributed by atoms with Gasteiger partial charge in [-0.05, 0) is 18.1 Å². The van der Waals surface area contributed by atoms with Gasteiger partial charge in [-0.2, -0.15) is 5.26 Å². The van der Waals surface area contributed by atoms with Gasteiger partial charge in [-0.25, -0.2) is 0 Å². The number of nitriles is 1. The lowest BCUT2D eigenvalue weighted by atomic mass is 10.1. The highest BCUT2D eigenvalue weighted by molar-refractivity contribution is 5.37. The van der Waals surface area contributed by atoms with E-state index >= 15 is 0 Å². The third kappa shape index (κ3) is 2.35. The fourth-order valence-electron chi connectivity index (χ4n) is 2.01. The number of benzene rings is 1. The number of rotatable bonds is 2. The van der Waals surface area contributed by atoms with Crippen LogP contribution in [0.3, 0.4) is 0 Å². The second kappa shape index (κ2) is 4.43. The van der Waals surface area contributed by atoms with Crippen LogP contribution in [0.5, 0.6) is 0 Å². The molecule has 1 aliphatic rings. The summed E-state index contributed by atoms with van der Waals surface area (Å²) in [5, 5.41) is 8.95. The minimum Gasteiger partial charge on any atom is -0.326 e. The van der Waals surface area contributed by atoms with E-state index in [9.17, 15) is 0 Å². The van der Waals surface area contributed by atoms with E-state index in [1.165, 1.54) is 0 Å². The minimum atomic E-state index is 0.305. The van der Waals surface area contributed by atoms with Crippen LogP contribution in [0.1, 0.15) is 17.5 Å². The van der Waals surface area contributed by atoms with Crippen molar-refractivity contribution in [2.45, 2.75) is 19.0 Å². The summed E-state index contributed by atoms with van der Waals surface area (Å²) < 4.78 is 0. The van der Waals surface area contributed by atoms with E-state index in [0.717, 1.165) is 37.2 Å². The molecule has 0 saturated carbocycles. The van der Waals surface area contributed by atoms with Gasteiger partial charge in [-0.1, -0.05) is 18.2 Å². The maximum atomic E-state index is 8.95. The Morgan fingerprint density at radius 1 is 1.47 bits per heavy atom. The number of likely N-dealkylation sites (tertiary alicyclic amines) is 1. The van der Waals surface area contributed by atoms with Crippen molar-refractivity contribution in [3.8, 4) is 6.07 Å². The summed E-state index contributed by atoms with van der Waals surface area (Å²) in [5.74, 6) is 0. The lowest BCUT2D eigenvalue weighted by Crippen LogP contribution is -2.26. The summed E-state index contributed by atoms with van der Waals surface area (Å²) in [6.45, 7) is 2.83. The summed E-state index contributed by atoms with van der Waals surface area (Å²) in [6, 6.07) is 10.3. The van der Waals surface area contributed by atoms with Crippen LogP contribution >= 0.6 is 0 Å². The third-order valence-corrected chi connectivity index (χ3v) is 2.84. The Morgan fingerprint density at radius 2 is 2.27 bits per heavy atom. The summed E-state index contributed by atoms with van der Waals surface area (Å²) in [5.41, 5.74) is 7.72. The number of hydrogen-bond acceptors (Lipinski definition) is 3. The molecular weight excluding hydrogens is 186 g/mol. The Morgan fingerprint density at radius 3 is 2.93 bits per heavy atom. The molecule has 0 aromatic heterocycles. The van der Waals surface area contributed by atoms with E-state index in [1.54, 1.807) is 0 Å². The zero-order chi connectivity index (χ0) is 10.7. The highest BCUT2D eigenvalue weighted by atomic mass is 15.2. The van der Waals surface area contributed by atoms with Gasteiger partial charge in [-0.15, -0.1) is 0 Å². The largest absolute Gasteiger partial charge is 0.326 e. The maximum absolute atomic E-state index is 8.95. The van der Waals surface area contributed by atoms with E-state index in [2.05, 4.69) is 11.0 Å². The van der Waals surface area contributed by atoms with Gasteiger partial charge >= 0.3 is 0 Å². The quantitative estimate of drug-likeness (QED) is 0.779. The monoisotopic (exact) mass is 201 g/mol. The van der Waals surface area contributed by atoms with Gasteiger partial charge in [0.05, 0.1) is 11.6 Å². The van der Waals surface area contributed by atoms with Crippen LogP contribution in [-0.2, 0) is 6.54 Å². The molecule has 2 N–H and O–H groups in total. The van der Waals surface area contributed by atoms with Crippen LogP contribution in [-0.4, -0.2) is 24.0 Å². The Balaban J connectivity index is 2.08. The first-order valence-electron chi connectivity index (χ1n) is 5.25. The fourth-order valence-corrected chi connectivity index (χ4v) is 2.01. The molecule has 1 aromatic rings. The van der Waals surface area contributed by atoms with Gasteiger partial charge in [-0.3, -0.25) is 4.90 Å². The molecule has 1 saturated heterocycles. The van der Waals surface area contributed by atoms with Crippen LogP contribution < -0.4 is 5.73 Å². The van der Waals surface area contributed by atoms with E-state index in [0.29, 0.717) is 6.04 Å². The normalized spacial score (nSPS) is 21.5. The van der Waals surface area contributed by atoms with Crippen molar-refractivity contribution in [1.29, 1.82) is 5.26 Å². The topological polar surface area (TPSA) is 53.0 Å². The molecule has 2 rings (SSSR count). The molecule has 0 bridgehead atoms. The molecule has 1 aliphatic heterocycles. The van der Waals surface area contributed by atoms with Gasteiger partial charge in [0, 0.05) is 25.7 Å². The Hall–Kier alpha value is -1.37. The van der Waals surface area contributed by atoms with Crippen LogP contribution in [0.15, 0.2) is 24.3 Å². The van der Waals surface area contributed by atoms with Crippen molar-refractivity contribution >= 4 is 0 Å². The van der Waals surface area contributed by atoms with Gasteiger partial charge in [0.25, 0.3) is 0 Å². The molecule has 3 nitrogen and oxygen atoms in total. The number of nitrogens with zero attached hydrogens (tertiary/aromatic N) is 2. The van der Waals surface area contributed by atoms with E-state index in [4.69, 9.17) is 11.0 Å². The van der Waals surface area contributed by atoms with Crippen LogP contribution in [0.2, 0.25) is 0 Å². The molecule has 0 spiro atoms. The zero-order valence-electron chi connectivity index (χ0n) is 8.69. The summed E-state index contributed by atoms with van der Waals surface area (Å²) >= 11 is 0. The van der Waals surface area contributed by atoms with Gasteiger partial charge < -0.3 is 5.73 Å². The minimum absolute atomic E-state index is 0.305. The maximum Gasteiger partial charge on any atom is 0.0995 e. The molecule has 0 aliphatic carbocycles. The molecule has 0 amide bonds. The van der Waals surface area contributed by atoms with Crippen molar-refractivity contribution in [2.24, 2.45) is 5.73 Å². The molecule has 0 unspecified atom stereocenters. The standard InChI is InChI=1S/C12H15N3/c13-7-10-3-1-2-4-11(10)8-15-6-5-12(14)9-15/h1-4,12H,5-6,8-9,14H2/t12-/m0/s1. The summed E-state index contributed by atoms with van der Waals surface area (Å²) in [4.78, 5) is 2.31. The first-order chi connectivity index (χ1) is 7.29. The summed E-state index contributed by atoms with van der Waals surface area (Å²) in [7, 11) is 0. The lowest BCUT2D eigenvalue weighted by molar-refractivity contribution is 0.326. The molecule has 1 atom stereocenters. The van der Waals surface area contributed by atoms with Gasteiger partial charge in [0.2, 0.25) is 0 Å². The average Bonchev–Trinajstić information content (AvgIpc) is 2.65. The molecule has 0 radical (unpaired) electrons. The average molecular weight is 201 g/mol. The van der Waals surface area contributed by atoms with E-state index in [-0.39, 0.29) is 0 Å².